The third-order valence-corrected chi connectivity index (χ3v) is 5.61. The molecule has 1 aliphatic rings. The van der Waals surface area contributed by atoms with Gasteiger partial charge in [-0.2, -0.15) is 0 Å². The Morgan fingerprint density at radius 2 is 1.97 bits per heavy atom. The van der Waals surface area contributed by atoms with Crippen LogP contribution in [-0.4, -0.2) is 31.7 Å². The topological polar surface area (TPSA) is 97.1 Å². The number of nitrogens with one attached hydrogen (secondary N) is 1. The fraction of sp³-hybridized carbons (Fsp3) is 0.304. The molecule has 0 saturated heterocycles. The number of aliphatic carboxylic acids is 1. The summed E-state index contributed by atoms with van der Waals surface area (Å²) in [7, 11) is 0. The lowest BCUT2D eigenvalue weighted by atomic mass is 9.86. The summed E-state index contributed by atoms with van der Waals surface area (Å²) in [6, 6.07) is 10.3. The average Bonchev–Trinajstić information content (AvgIpc) is 2.77. The zero-order valence-electron chi connectivity index (χ0n) is 17.1. The fourth-order valence-corrected chi connectivity index (χ4v) is 3.90. The van der Waals surface area contributed by atoms with Crippen LogP contribution in [0.15, 0.2) is 53.6 Å². The van der Waals surface area contributed by atoms with Crippen molar-refractivity contribution < 1.29 is 14.3 Å². The molecule has 0 unspecified atom stereocenters. The van der Waals surface area contributed by atoms with Crippen molar-refractivity contribution in [1.82, 2.24) is 14.5 Å². The maximum Gasteiger partial charge on any atom is 0.306 e. The van der Waals surface area contributed by atoms with Gasteiger partial charge in [0.15, 0.2) is 5.82 Å². The third-order valence-electron chi connectivity index (χ3n) is 5.61. The van der Waals surface area contributed by atoms with Crippen LogP contribution < -0.4 is 10.9 Å². The van der Waals surface area contributed by atoms with Crippen molar-refractivity contribution in [3.63, 3.8) is 0 Å². The van der Waals surface area contributed by atoms with E-state index in [2.05, 4.69) is 15.3 Å². The summed E-state index contributed by atoms with van der Waals surface area (Å²) in [5.41, 5.74) is 2.04. The van der Waals surface area contributed by atoms with Gasteiger partial charge in [-0.05, 0) is 50.3 Å². The standard InChI is InChI=1S/C23H23FN4O3/c1-14-5-10-20(29)28(13-14)18-4-2-3-16(11-18)21-19(24)12-25-23(27-21)26-17-8-6-15(7-9-17)22(30)31/h2-5,10-13,15,17H,6-9H2,1H3,(H,30,31)(H,25,26,27)/t15-,17-. The number of halogens is 1. The smallest absolute Gasteiger partial charge is 0.306 e. The summed E-state index contributed by atoms with van der Waals surface area (Å²) < 4.78 is 16.1. The Balaban J connectivity index is 1.59. The maximum atomic E-state index is 14.6. The second kappa shape index (κ2) is 8.67. The van der Waals surface area contributed by atoms with Crippen LogP contribution in [0.4, 0.5) is 10.3 Å². The average molecular weight is 422 g/mol. The SMILES string of the molecule is Cc1ccc(=O)n(-c2cccc(-c3nc(N[C@H]4CC[C@H](C(=O)O)CC4)ncc3F)c2)c1. The Hall–Kier alpha value is -3.55. The minimum absolute atomic E-state index is 0.0473. The monoisotopic (exact) mass is 422 g/mol. The minimum Gasteiger partial charge on any atom is -0.481 e. The molecule has 1 aliphatic carbocycles. The van der Waals surface area contributed by atoms with E-state index in [1.165, 1.54) is 10.6 Å². The van der Waals surface area contributed by atoms with Crippen molar-refractivity contribution in [2.75, 3.05) is 5.32 Å². The fourth-order valence-electron chi connectivity index (χ4n) is 3.90. The number of carboxylic acids is 1. The van der Waals surface area contributed by atoms with Gasteiger partial charge in [0.1, 0.15) is 5.69 Å². The third kappa shape index (κ3) is 4.63. The number of hydrogen-bond acceptors (Lipinski definition) is 5. The molecule has 1 fully saturated rings. The van der Waals surface area contributed by atoms with Crippen LogP contribution in [0.25, 0.3) is 16.9 Å². The highest BCUT2D eigenvalue weighted by atomic mass is 19.1. The predicted octanol–water partition coefficient (Wildman–Crippen LogP) is 3.80. The Morgan fingerprint density at radius 1 is 1.19 bits per heavy atom. The van der Waals surface area contributed by atoms with Crippen molar-refractivity contribution in [3.05, 3.63) is 70.5 Å². The zero-order valence-corrected chi connectivity index (χ0v) is 17.1. The Morgan fingerprint density at radius 3 is 2.71 bits per heavy atom. The van der Waals surface area contributed by atoms with Crippen molar-refractivity contribution >= 4 is 11.9 Å². The van der Waals surface area contributed by atoms with Gasteiger partial charge in [0, 0.05) is 29.6 Å². The van der Waals surface area contributed by atoms with Crippen molar-refractivity contribution in [2.45, 2.75) is 38.6 Å². The number of nitrogens with zero attached hydrogens (tertiary/aromatic N) is 3. The van der Waals surface area contributed by atoms with Gasteiger partial charge in [0.25, 0.3) is 5.56 Å². The van der Waals surface area contributed by atoms with E-state index in [9.17, 15) is 14.0 Å². The van der Waals surface area contributed by atoms with E-state index >= 15 is 0 Å². The molecule has 7 nitrogen and oxygen atoms in total. The molecule has 0 amide bonds. The van der Waals surface area contributed by atoms with Gasteiger partial charge in [-0.25, -0.2) is 14.4 Å². The van der Waals surface area contributed by atoms with Crippen LogP contribution in [0.2, 0.25) is 0 Å². The molecule has 2 N–H and O–H groups in total. The summed E-state index contributed by atoms with van der Waals surface area (Å²) in [6.07, 6.45) is 5.43. The summed E-state index contributed by atoms with van der Waals surface area (Å²) in [5.74, 6) is -1.33. The van der Waals surface area contributed by atoms with Crippen LogP contribution in [0.3, 0.4) is 0 Å². The van der Waals surface area contributed by atoms with E-state index in [1.54, 1.807) is 36.5 Å². The number of carbonyl (C=O) groups is 1. The Labute approximate surface area is 178 Å². The molecule has 31 heavy (non-hydrogen) atoms. The number of anilines is 1. The van der Waals surface area contributed by atoms with E-state index in [-0.39, 0.29) is 23.2 Å². The lowest BCUT2D eigenvalue weighted by molar-refractivity contribution is -0.142. The predicted molar refractivity (Wildman–Crippen MR) is 115 cm³/mol. The molecule has 3 aromatic rings. The Bertz CT molecular complexity index is 1170. The number of aryl methyl sites for hydroxylation is 1. The largest absolute Gasteiger partial charge is 0.481 e. The highest BCUT2D eigenvalue weighted by Crippen LogP contribution is 2.28. The molecule has 0 spiro atoms. The van der Waals surface area contributed by atoms with Gasteiger partial charge in [0.2, 0.25) is 5.95 Å². The van der Waals surface area contributed by atoms with E-state index in [1.807, 2.05) is 6.92 Å². The molecule has 0 aliphatic heterocycles. The molecular weight excluding hydrogens is 399 g/mol. The number of rotatable bonds is 5. The summed E-state index contributed by atoms with van der Waals surface area (Å²) in [4.78, 5) is 31.8. The molecular formula is C23H23FN4O3. The van der Waals surface area contributed by atoms with Gasteiger partial charge in [0.05, 0.1) is 12.1 Å². The van der Waals surface area contributed by atoms with Gasteiger partial charge < -0.3 is 10.4 Å². The molecule has 4 rings (SSSR count). The first-order chi connectivity index (χ1) is 14.9. The highest BCUT2D eigenvalue weighted by molar-refractivity contribution is 5.70. The molecule has 160 valence electrons. The summed E-state index contributed by atoms with van der Waals surface area (Å²) >= 11 is 0. The highest BCUT2D eigenvalue weighted by Gasteiger charge is 2.26. The molecule has 1 saturated carbocycles. The zero-order chi connectivity index (χ0) is 22.0. The first kappa shape index (κ1) is 20.7. The quantitative estimate of drug-likeness (QED) is 0.649. The minimum atomic E-state index is -0.758. The maximum absolute atomic E-state index is 14.6. The van der Waals surface area contributed by atoms with Crippen LogP contribution in [0.5, 0.6) is 0 Å². The van der Waals surface area contributed by atoms with E-state index < -0.39 is 11.8 Å². The summed E-state index contributed by atoms with van der Waals surface area (Å²) in [6.45, 7) is 1.89. The van der Waals surface area contributed by atoms with Gasteiger partial charge in [-0.1, -0.05) is 18.2 Å². The lowest BCUT2D eigenvalue weighted by Crippen LogP contribution is -2.29. The molecule has 2 aromatic heterocycles. The normalized spacial score (nSPS) is 18.5. The van der Waals surface area contributed by atoms with Crippen LogP contribution >= 0.6 is 0 Å². The Kier molecular flexibility index (Phi) is 5.79. The van der Waals surface area contributed by atoms with Gasteiger partial charge >= 0.3 is 5.97 Å². The van der Waals surface area contributed by atoms with Gasteiger partial charge in [-0.15, -0.1) is 0 Å². The number of carboxylic acid groups (broad SMARTS) is 1. The number of hydrogen-bond donors (Lipinski definition) is 2. The molecule has 1 aromatic carbocycles. The molecule has 8 heteroatoms. The number of pyridine rings is 1. The van der Waals surface area contributed by atoms with Crippen molar-refractivity contribution in [1.29, 1.82) is 0 Å². The second-order valence-corrected chi connectivity index (χ2v) is 7.89. The van der Waals surface area contributed by atoms with Crippen molar-refractivity contribution in [2.24, 2.45) is 5.92 Å². The second-order valence-electron chi connectivity index (χ2n) is 7.89. The van der Waals surface area contributed by atoms with E-state index in [0.717, 1.165) is 11.8 Å². The number of benzene rings is 1. The first-order valence-electron chi connectivity index (χ1n) is 10.2. The van der Waals surface area contributed by atoms with Gasteiger partial charge in [-0.3, -0.25) is 14.2 Å². The lowest BCUT2D eigenvalue weighted by Gasteiger charge is -2.26. The molecule has 0 bridgehead atoms. The first-order valence-corrected chi connectivity index (χ1v) is 10.2. The van der Waals surface area contributed by atoms with E-state index in [4.69, 9.17) is 5.11 Å². The van der Waals surface area contributed by atoms with Crippen molar-refractivity contribution in [3.8, 4) is 16.9 Å². The summed E-state index contributed by atoms with van der Waals surface area (Å²) in [5, 5.41) is 12.3. The molecule has 0 atom stereocenters. The van der Waals surface area contributed by atoms with Crippen LogP contribution in [0.1, 0.15) is 31.2 Å². The number of aromatic nitrogens is 3. The molecule has 0 radical (unpaired) electrons. The molecule has 2 heterocycles. The van der Waals surface area contributed by atoms with Crippen LogP contribution in [0, 0.1) is 18.7 Å². The van der Waals surface area contributed by atoms with E-state index in [0.29, 0.717) is 42.9 Å². The van der Waals surface area contributed by atoms with Crippen LogP contribution in [-0.2, 0) is 4.79 Å².